The van der Waals surface area contributed by atoms with Gasteiger partial charge in [-0.05, 0) is 31.9 Å². The number of H-pyrrole nitrogens is 1. The number of benzene rings is 1. The lowest BCUT2D eigenvalue weighted by molar-refractivity contribution is 0.0527. The first-order chi connectivity index (χ1) is 8.65. The normalized spacial score (nSPS) is 10.4. The highest BCUT2D eigenvalue weighted by Crippen LogP contribution is 2.28. The number of aromatic nitrogens is 1. The number of aromatic amines is 1. The molecule has 0 spiro atoms. The summed E-state index contributed by atoms with van der Waals surface area (Å²) in [6, 6.07) is 7.98. The van der Waals surface area contributed by atoms with Gasteiger partial charge >= 0.3 is 5.97 Å². The number of hydrogen-bond acceptors (Lipinski definition) is 2. The zero-order valence-corrected chi connectivity index (χ0v) is 10.9. The van der Waals surface area contributed by atoms with Crippen LogP contribution < -0.4 is 0 Å². The van der Waals surface area contributed by atoms with Gasteiger partial charge in [-0.1, -0.05) is 24.3 Å². The molecule has 1 N–H and O–H groups in total. The minimum atomic E-state index is -0.269. The fraction of sp³-hybridized carbons (Fsp3) is 0.267. The van der Waals surface area contributed by atoms with E-state index >= 15 is 0 Å². The highest BCUT2D eigenvalue weighted by molar-refractivity contribution is 5.98. The first-order valence-electron chi connectivity index (χ1n) is 6.06. The maximum absolute atomic E-state index is 12.0. The Morgan fingerprint density at radius 2 is 1.94 bits per heavy atom. The maximum atomic E-state index is 12.0. The summed E-state index contributed by atoms with van der Waals surface area (Å²) < 4.78 is 5.11. The first-order valence-corrected chi connectivity index (χ1v) is 6.06. The van der Waals surface area contributed by atoms with Gasteiger partial charge in [0, 0.05) is 11.8 Å². The lowest BCUT2D eigenvalue weighted by atomic mass is 10.0. The molecule has 0 bridgehead atoms. The molecule has 0 saturated carbocycles. The number of carbonyl (C=O) groups excluding carboxylic acids is 1. The molecule has 0 fully saturated rings. The van der Waals surface area contributed by atoms with E-state index < -0.39 is 0 Å². The highest BCUT2D eigenvalue weighted by Gasteiger charge is 2.19. The van der Waals surface area contributed by atoms with Crippen LogP contribution in [0.15, 0.2) is 30.5 Å². The van der Waals surface area contributed by atoms with Crippen molar-refractivity contribution in [1.29, 1.82) is 0 Å². The average molecular weight is 243 g/mol. The van der Waals surface area contributed by atoms with Crippen molar-refractivity contribution in [3.63, 3.8) is 0 Å². The van der Waals surface area contributed by atoms with E-state index in [1.54, 1.807) is 0 Å². The summed E-state index contributed by atoms with van der Waals surface area (Å²) >= 11 is 0. The quantitative estimate of drug-likeness (QED) is 0.839. The van der Waals surface area contributed by atoms with Gasteiger partial charge in [-0.3, -0.25) is 0 Å². The van der Waals surface area contributed by atoms with Crippen molar-refractivity contribution in [3.8, 4) is 11.3 Å². The van der Waals surface area contributed by atoms with Crippen LogP contribution in [0.2, 0.25) is 0 Å². The predicted octanol–water partition coefficient (Wildman–Crippen LogP) is 3.48. The molecule has 1 aromatic heterocycles. The number of ether oxygens (including phenoxy) is 1. The second-order valence-electron chi connectivity index (χ2n) is 4.26. The van der Waals surface area contributed by atoms with E-state index in [1.807, 2.05) is 51.2 Å². The second kappa shape index (κ2) is 5.08. The fourth-order valence-corrected chi connectivity index (χ4v) is 2.05. The molecule has 2 aromatic rings. The third-order valence-corrected chi connectivity index (χ3v) is 2.97. The van der Waals surface area contributed by atoms with Crippen LogP contribution in [-0.4, -0.2) is 17.6 Å². The third-order valence-electron chi connectivity index (χ3n) is 2.97. The molecule has 0 aliphatic heterocycles. The minimum absolute atomic E-state index is 0.269. The second-order valence-corrected chi connectivity index (χ2v) is 4.26. The molecule has 1 heterocycles. The number of rotatable bonds is 3. The monoisotopic (exact) mass is 243 g/mol. The van der Waals surface area contributed by atoms with Crippen molar-refractivity contribution in [2.45, 2.75) is 20.8 Å². The van der Waals surface area contributed by atoms with E-state index in [0.717, 1.165) is 22.4 Å². The van der Waals surface area contributed by atoms with Gasteiger partial charge in [-0.25, -0.2) is 4.79 Å². The molecule has 2 rings (SSSR count). The molecule has 18 heavy (non-hydrogen) atoms. The van der Waals surface area contributed by atoms with E-state index in [4.69, 9.17) is 4.74 Å². The van der Waals surface area contributed by atoms with Crippen molar-refractivity contribution in [2.24, 2.45) is 0 Å². The van der Waals surface area contributed by atoms with Gasteiger partial charge in [-0.15, -0.1) is 0 Å². The summed E-state index contributed by atoms with van der Waals surface area (Å²) in [6.45, 7) is 6.13. The van der Waals surface area contributed by atoms with Crippen molar-refractivity contribution < 1.29 is 9.53 Å². The number of nitrogens with one attached hydrogen (secondary N) is 1. The van der Waals surface area contributed by atoms with Crippen LogP contribution in [0.1, 0.15) is 28.4 Å². The molecular formula is C15H17NO2. The molecule has 0 amide bonds. The number of hydrogen-bond donors (Lipinski definition) is 1. The lowest BCUT2D eigenvalue weighted by Crippen LogP contribution is -2.06. The van der Waals surface area contributed by atoms with Crippen molar-refractivity contribution in [3.05, 3.63) is 47.2 Å². The van der Waals surface area contributed by atoms with E-state index in [0.29, 0.717) is 12.2 Å². The third kappa shape index (κ3) is 2.16. The summed E-state index contributed by atoms with van der Waals surface area (Å²) in [7, 11) is 0. The Hall–Kier alpha value is -2.03. The van der Waals surface area contributed by atoms with Gasteiger partial charge in [0.25, 0.3) is 0 Å². The maximum Gasteiger partial charge on any atom is 0.340 e. The zero-order chi connectivity index (χ0) is 13.1. The molecule has 3 nitrogen and oxygen atoms in total. The van der Waals surface area contributed by atoms with E-state index in [2.05, 4.69) is 4.98 Å². The SMILES string of the molecule is CCOC(=O)c1c(C)c[nH]c1-c1ccccc1C. The van der Waals surface area contributed by atoms with E-state index in [-0.39, 0.29) is 5.97 Å². The number of carbonyl (C=O) groups is 1. The number of aryl methyl sites for hydroxylation is 2. The molecule has 0 radical (unpaired) electrons. The van der Waals surface area contributed by atoms with Gasteiger partial charge in [0.15, 0.2) is 0 Å². The Morgan fingerprint density at radius 1 is 1.22 bits per heavy atom. The molecule has 94 valence electrons. The topological polar surface area (TPSA) is 42.1 Å². The Bertz CT molecular complexity index is 570. The average Bonchev–Trinajstić information content (AvgIpc) is 2.72. The molecule has 0 saturated heterocycles. The standard InChI is InChI=1S/C15H17NO2/c1-4-18-15(17)13-11(3)9-16-14(13)12-8-6-5-7-10(12)2/h5-9,16H,4H2,1-3H3. The van der Waals surface area contributed by atoms with Gasteiger partial charge in [0.1, 0.15) is 0 Å². The van der Waals surface area contributed by atoms with Gasteiger partial charge < -0.3 is 9.72 Å². The van der Waals surface area contributed by atoms with Crippen LogP contribution in [-0.2, 0) is 4.74 Å². The van der Waals surface area contributed by atoms with Crippen LogP contribution in [0.25, 0.3) is 11.3 Å². The van der Waals surface area contributed by atoms with Crippen LogP contribution in [0.3, 0.4) is 0 Å². The fourth-order valence-electron chi connectivity index (χ4n) is 2.05. The molecule has 3 heteroatoms. The summed E-state index contributed by atoms with van der Waals surface area (Å²) in [5.74, 6) is -0.269. The van der Waals surface area contributed by atoms with Crippen molar-refractivity contribution >= 4 is 5.97 Å². The van der Waals surface area contributed by atoms with Crippen LogP contribution in [0, 0.1) is 13.8 Å². The first kappa shape index (κ1) is 12.4. The van der Waals surface area contributed by atoms with Gasteiger partial charge in [0.2, 0.25) is 0 Å². The van der Waals surface area contributed by atoms with Gasteiger partial charge in [-0.2, -0.15) is 0 Å². The Labute approximate surface area is 107 Å². The van der Waals surface area contributed by atoms with Crippen LogP contribution in [0.5, 0.6) is 0 Å². The van der Waals surface area contributed by atoms with Crippen molar-refractivity contribution in [1.82, 2.24) is 4.98 Å². The summed E-state index contributed by atoms with van der Waals surface area (Å²) in [6.07, 6.45) is 1.84. The van der Waals surface area contributed by atoms with Crippen LogP contribution >= 0.6 is 0 Å². The Balaban J connectivity index is 2.53. The molecule has 0 unspecified atom stereocenters. The molecule has 0 atom stereocenters. The van der Waals surface area contributed by atoms with E-state index in [1.165, 1.54) is 0 Å². The van der Waals surface area contributed by atoms with Crippen molar-refractivity contribution in [2.75, 3.05) is 6.61 Å². The smallest absolute Gasteiger partial charge is 0.340 e. The summed E-state index contributed by atoms with van der Waals surface area (Å²) in [5, 5.41) is 0. The van der Waals surface area contributed by atoms with Crippen LogP contribution in [0.4, 0.5) is 0 Å². The number of esters is 1. The van der Waals surface area contributed by atoms with Gasteiger partial charge in [0.05, 0.1) is 17.9 Å². The lowest BCUT2D eigenvalue weighted by Gasteiger charge is -2.07. The summed E-state index contributed by atoms with van der Waals surface area (Å²) in [4.78, 5) is 15.2. The zero-order valence-electron chi connectivity index (χ0n) is 10.9. The summed E-state index contributed by atoms with van der Waals surface area (Å²) in [5.41, 5.74) is 4.54. The molecular weight excluding hydrogens is 226 g/mol. The Morgan fingerprint density at radius 3 is 2.61 bits per heavy atom. The van der Waals surface area contributed by atoms with E-state index in [9.17, 15) is 4.79 Å². The minimum Gasteiger partial charge on any atom is -0.462 e. The molecule has 1 aromatic carbocycles. The molecule has 0 aliphatic carbocycles. The highest BCUT2D eigenvalue weighted by atomic mass is 16.5. The molecule has 0 aliphatic rings. The largest absolute Gasteiger partial charge is 0.462 e. The predicted molar refractivity (Wildman–Crippen MR) is 71.7 cm³/mol. The Kier molecular flexibility index (Phi) is 3.51.